The number of hydrogen-bond acceptors (Lipinski definition) is 4. The van der Waals surface area contributed by atoms with Crippen molar-refractivity contribution < 1.29 is 18.9 Å². The van der Waals surface area contributed by atoms with Gasteiger partial charge in [0, 0.05) is 16.1 Å². The van der Waals surface area contributed by atoms with Gasteiger partial charge in [0.15, 0.2) is 0 Å². The Labute approximate surface area is 109 Å². The van der Waals surface area contributed by atoms with E-state index >= 15 is 0 Å². The van der Waals surface area contributed by atoms with Crippen molar-refractivity contribution in [3.63, 3.8) is 0 Å². The van der Waals surface area contributed by atoms with Crippen LogP contribution in [0.2, 0.25) is 0 Å². The third-order valence-corrected chi connectivity index (χ3v) is 3.76. The second-order valence-corrected chi connectivity index (χ2v) is 4.88. The summed E-state index contributed by atoms with van der Waals surface area (Å²) in [5.41, 5.74) is 0.724. The Morgan fingerprint density at radius 3 is 2.72 bits per heavy atom. The molecule has 0 fully saturated rings. The van der Waals surface area contributed by atoms with Crippen LogP contribution in [-0.4, -0.2) is 17.2 Å². The number of thioether (sulfide) groups is 1. The third-order valence-electron chi connectivity index (χ3n) is 2.54. The number of furan rings is 1. The van der Waals surface area contributed by atoms with Crippen molar-refractivity contribution in [1.29, 1.82) is 0 Å². The fourth-order valence-corrected chi connectivity index (χ4v) is 2.47. The van der Waals surface area contributed by atoms with Gasteiger partial charge in [-0.05, 0) is 24.6 Å². The minimum Gasteiger partial charge on any atom is -0.468 e. The first kappa shape index (κ1) is 13.2. The number of hydrogen-bond donors (Lipinski definition) is 2. The van der Waals surface area contributed by atoms with Gasteiger partial charge in [-0.3, -0.25) is 0 Å². The molecule has 94 valence electrons. The molecule has 0 amide bonds. The quantitative estimate of drug-likeness (QED) is 0.653. The van der Waals surface area contributed by atoms with Crippen molar-refractivity contribution >= 4 is 24.3 Å². The van der Waals surface area contributed by atoms with Gasteiger partial charge in [-0.2, -0.15) is 0 Å². The molecule has 3 nitrogen and oxygen atoms in total. The molecule has 1 aromatic heterocycles. The summed E-state index contributed by atoms with van der Waals surface area (Å²) in [5.74, 6) is 0.836. The number of halogens is 1. The van der Waals surface area contributed by atoms with Crippen LogP contribution in [0.1, 0.15) is 11.3 Å². The highest BCUT2D eigenvalue weighted by molar-refractivity contribution is 7.98. The Hall–Kier alpha value is -1.24. The molecule has 2 rings (SSSR count). The Morgan fingerprint density at radius 2 is 2.11 bits per heavy atom. The zero-order valence-electron chi connectivity index (χ0n) is 9.76. The summed E-state index contributed by atoms with van der Waals surface area (Å²) in [7, 11) is -1.79. The Kier molecular flexibility index (Phi) is 4.11. The summed E-state index contributed by atoms with van der Waals surface area (Å²) in [5, 5.41) is 18.0. The predicted molar refractivity (Wildman–Crippen MR) is 69.2 cm³/mol. The molecule has 0 unspecified atom stereocenters. The fraction of sp³-hybridized carbons (Fsp3) is 0.167. The zero-order chi connectivity index (χ0) is 13.1. The van der Waals surface area contributed by atoms with Crippen molar-refractivity contribution in [2.45, 2.75) is 17.6 Å². The van der Waals surface area contributed by atoms with Crippen molar-refractivity contribution in [2.24, 2.45) is 0 Å². The molecule has 0 radical (unpaired) electrons. The van der Waals surface area contributed by atoms with Crippen LogP contribution in [0, 0.1) is 12.7 Å². The highest BCUT2D eigenvalue weighted by atomic mass is 32.2. The van der Waals surface area contributed by atoms with Gasteiger partial charge in [-0.25, -0.2) is 4.39 Å². The topological polar surface area (TPSA) is 53.6 Å². The van der Waals surface area contributed by atoms with E-state index in [-0.39, 0.29) is 5.46 Å². The molecule has 1 aromatic carbocycles. The van der Waals surface area contributed by atoms with Gasteiger partial charge in [0.25, 0.3) is 0 Å². The maximum Gasteiger partial charge on any atom is 0.491 e. The number of rotatable bonds is 4. The molecular weight excluding hydrogens is 254 g/mol. The van der Waals surface area contributed by atoms with Crippen LogP contribution in [0.4, 0.5) is 4.39 Å². The van der Waals surface area contributed by atoms with E-state index in [9.17, 15) is 4.39 Å². The predicted octanol–water partition coefficient (Wildman–Crippen LogP) is 1.70. The maximum atomic E-state index is 13.3. The van der Waals surface area contributed by atoms with E-state index in [0.717, 1.165) is 16.2 Å². The number of benzene rings is 1. The van der Waals surface area contributed by atoms with E-state index < -0.39 is 12.9 Å². The lowest BCUT2D eigenvalue weighted by atomic mass is 9.79. The Balaban J connectivity index is 2.10. The summed E-state index contributed by atoms with van der Waals surface area (Å²) < 4.78 is 18.4. The minimum atomic E-state index is -1.79. The highest BCUT2D eigenvalue weighted by Crippen LogP contribution is 2.26. The first-order chi connectivity index (χ1) is 8.58. The summed E-state index contributed by atoms with van der Waals surface area (Å²) >= 11 is 1.55. The van der Waals surface area contributed by atoms with Crippen LogP contribution in [0.15, 0.2) is 39.8 Å². The van der Waals surface area contributed by atoms with Crippen LogP contribution in [0.3, 0.4) is 0 Å². The minimum absolute atomic E-state index is 0.1000. The zero-order valence-corrected chi connectivity index (χ0v) is 10.6. The van der Waals surface area contributed by atoms with Crippen molar-refractivity contribution in [2.75, 3.05) is 0 Å². The largest absolute Gasteiger partial charge is 0.491 e. The molecule has 0 aliphatic heterocycles. The van der Waals surface area contributed by atoms with Gasteiger partial charge in [0.2, 0.25) is 0 Å². The van der Waals surface area contributed by atoms with Crippen LogP contribution >= 0.6 is 11.8 Å². The lowest BCUT2D eigenvalue weighted by molar-refractivity contribution is 0.423. The monoisotopic (exact) mass is 266 g/mol. The molecule has 2 aromatic rings. The molecule has 0 atom stereocenters. The molecule has 0 saturated heterocycles. The lowest BCUT2D eigenvalue weighted by Gasteiger charge is -2.05. The van der Waals surface area contributed by atoms with Crippen LogP contribution in [-0.2, 0) is 5.75 Å². The summed E-state index contributed by atoms with van der Waals surface area (Å²) in [4.78, 5) is 1.02. The van der Waals surface area contributed by atoms with E-state index in [1.54, 1.807) is 24.1 Å². The standard InChI is InChI=1S/C12H12BFO3S/c1-8-12(4-5-17-8)18-7-9-2-3-11(14)10(6-9)13(15)16/h2-6,15-16H,7H2,1H3. The van der Waals surface area contributed by atoms with Crippen LogP contribution < -0.4 is 5.46 Å². The highest BCUT2D eigenvalue weighted by Gasteiger charge is 2.16. The van der Waals surface area contributed by atoms with E-state index in [4.69, 9.17) is 14.5 Å². The average molecular weight is 266 g/mol. The maximum absolute atomic E-state index is 13.3. The molecule has 0 aliphatic carbocycles. The molecule has 1 heterocycles. The van der Waals surface area contributed by atoms with E-state index in [1.807, 2.05) is 13.0 Å². The number of aryl methyl sites for hydroxylation is 1. The molecule has 18 heavy (non-hydrogen) atoms. The summed E-state index contributed by atoms with van der Waals surface area (Å²) in [6.07, 6.45) is 1.62. The first-order valence-corrected chi connectivity index (χ1v) is 6.38. The average Bonchev–Trinajstić information content (AvgIpc) is 2.73. The van der Waals surface area contributed by atoms with Crippen molar-refractivity contribution in [3.05, 3.63) is 47.7 Å². The van der Waals surface area contributed by atoms with Crippen molar-refractivity contribution in [3.8, 4) is 0 Å². The second-order valence-electron chi connectivity index (χ2n) is 3.86. The van der Waals surface area contributed by atoms with Gasteiger partial charge in [-0.15, -0.1) is 11.8 Å². The van der Waals surface area contributed by atoms with E-state index in [1.165, 1.54) is 12.1 Å². The molecule has 6 heteroatoms. The molecule has 0 spiro atoms. The van der Waals surface area contributed by atoms with Crippen LogP contribution in [0.5, 0.6) is 0 Å². The molecule has 0 aliphatic rings. The molecular formula is C12H12BFO3S. The first-order valence-electron chi connectivity index (χ1n) is 5.39. The SMILES string of the molecule is Cc1occc1SCc1ccc(F)c(B(O)O)c1. The Bertz CT molecular complexity index is 542. The fourth-order valence-electron chi connectivity index (χ4n) is 1.57. The molecule has 2 N–H and O–H groups in total. The van der Waals surface area contributed by atoms with E-state index in [2.05, 4.69) is 0 Å². The van der Waals surface area contributed by atoms with Crippen molar-refractivity contribution in [1.82, 2.24) is 0 Å². The third kappa shape index (κ3) is 2.96. The molecule has 0 bridgehead atoms. The lowest BCUT2D eigenvalue weighted by Crippen LogP contribution is -2.32. The van der Waals surface area contributed by atoms with Gasteiger partial charge in [0.1, 0.15) is 11.6 Å². The summed E-state index contributed by atoms with van der Waals surface area (Å²) in [6, 6.07) is 6.20. The van der Waals surface area contributed by atoms with Gasteiger partial charge >= 0.3 is 7.12 Å². The van der Waals surface area contributed by atoms with Gasteiger partial charge in [0.05, 0.1) is 6.26 Å². The van der Waals surface area contributed by atoms with Gasteiger partial charge in [-0.1, -0.05) is 12.1 Å². The van der Waals surface area contributed by atoms with E-state index in [0.29, 0.717) is 5.75 Å². The molecule has 0 saturated carbocycles. The normalized spacial score (nSPS) is 10.7. The van der Waals surface area contributed by atoms with Gasteiger partial charge < -0.3 is 14.5 Å². The van der Waals surface area contributed by atoms with Crippen LogP contribution in [0.25, 0.3) is 0 Å². The Morgan fingerprint density at radius 1 is 1.33 bits per heavy atom. The second kappa shape index (κ2) is 5.60. The summed E-state index contributed by atoms with van der Waals surface area (Å²) in [6.45, 7) is 1.87. The smallest absolute Gasteiger partial charge is 0.468 e.